The van der Waals surface area contributed by atoms with Gasteiger partial charge in [0.1, 0.15) is 5.75 Å². The third-order valence-electron chi connectivity index (χ3n) is 5.12. The molecule has 0 atom stereocenters. The Hall–Kier alpha value is -1.54. The van der Waals surface area contributed by atoms with Crippen molar-refractivity contribution in [3.05, 3.63) is 58.1 Å². The van der Waals surface area contributed by atoms with E-state index in [0.717, 1.165) is 33.1 Å². The zero-order valence-electron chi connectivity index (χ0n) is 17.7. The lowest BCUT2D eigenvalue weighted by Gasteiger charge is -2.28. The van der Waals surface area contributed by atoms with Crippen molar-refractivity contribution in [2.45, 2.75) is 78.7 Å². The van der Waals surface area contributed by atoms with Gasteiger partial charge in [-0.1, -0.05) is 83.1 Å². The fraction of sp³-hybridized carbons (Fsp3) is 0.500. The van der Waals surface area contributed by atoms with E-state index < -0.39 is 0 Å². The SMILES string of the molecule is Cc1cccc([Si]CCc2cc(C(C)(C)C)c(O)c(C(C)(C)C)c2)c1C. The first-order valence-electron chi connectivity index (χ1n) is 9.58. The largest absolute Gasteiger partial charge is 0.507 e. The first kappa shape index (κ1) is 20.8. The average Bonchev–Trinajstić information content (AvgIpc) is 2.50. The molecule has 2 rings (SSSR count). The van der Waals surface area contributed by atoms with Gasteiger partial charge in [-0.05, 0) is 58.9 Å². The summed E-state index contributed by atoms with van der Waals surface area (Å²) >= 11 is 0. The van der Waals surface area contributed by atoms with Crippen molar-refractivity contribution in [1.82, 2.24) is 0 Å². The molecular formula is C24H34OSi. The van der Waals surface area contributed by atoms with Crippen molar-refractivity contribution in [2.75, 3.05) is 0 Å². The molecule has 0 aliphatic rings. The Balaban J connectivity index is 2.27. The fourth-order valence-corrected chi connectivity index (χ4v) is 4.63. The van der Waals surface area contributed by atoms with Crippen LogP contribution in [0.25, 0.3) is 0 Å². The number of phenols is 1. The van der Waals surface area contributed by atoms with Gasteiger partial charge in [-0.3, -0.25) is 0 Å². The molecule has 1 N–H and O–H groups in total. The molecule has 2 radical (unpaired) electrons. The van der Waals surface area contributed by atoms with Crippen LogP contribution in [0.15, 0.2) is 30.3 Å². The number of aromatic hydroxyl groups is 1. The molecule has 1 nitrogen and oxygen atoms in total. The summed E-state index contributed by atoms with van der Waals surface area (Å²) in [5.74, 6) is 0.478. The van der Waals surface area contributed by atoms with E-state index in [1.807, 2.05) is 0 Å². The van der Waals surface area contributed by atoms with Gasteiger partial charge < -0.3 is 5.11 Å². The van der Waals surface area contributed by atoms with Crippen LogP contribution >= 0.6 is 0 Å². The van der Waals surface area contributed by atoms with E-state index >= 15 is 0 Å². The Morgan fingerprint density at radius 2 is 1.42 bits per heavy atom. The number of phenolic OH excluding ortho intramolecular Hbond substituents is 1. The summed E-state index contributed by atoms with van der Waals surface area (Å²) in [5, 5.41) is 12.3. The molecule has 140 valence electrons. The molecule has 0 saturated heterocycles. The van der Waals surface area contributed by atoms with Gasteiger partial charge >= 0.3 is 0 Å². The molecule has 0 aromatic heterocycles. The second kappa shape index (κ2) is 7.60. The minimum absolute atomic E-state index is 0.0600. The first-order chi connectivity index (χ1) is 11.9. The first-order valence-corrected chi connectivity index (χ1v) is 10.8. The maximum atomic E-state index is 10.9. The fourth-order valence-electron chi connectivity index (χ4n) is 3.27. The summed E-state index contributed by atoms with van der Waals surface area (Å²) < 4.78 is 0. The van der Waals surface area contributed by atoms with Gasteiger partial charge in [-0.2, -0.15) is 0 Å². The van der Waals surface area contributed by atoms with Gasteiger partial charge in [-0.15, -0.1) is 0 Å². The highest BCUT2D eigenvalue weighted by Gasteiger charge is 2.26. The second-order valence-electron chi connectivity index (χ2n) is 9.46. The van der Waals surface area contributed by atoms with Gasteiger partial charge in [-0.25, -0.2) is 0 Å². The monoisotopic (exact) mass is 366 g/mol. The molecule has 0 bridgehead atoms. The van der Waals surface area contributed by atoms with Crippen molar-refractivity contribution in [1.29, 1.82) is 0 Å². The zero-order chi connectivity index (χ0) is 19.7. The molecule has 0 spiro atoms. The summed E-state index contributed by atoms with van der Waals surface area (Å²) in [6.07, 6.45) is 1.05. The third-order valence-corrected chi connectivity index (χ3v) is 6.54. The summed E-state index contributed by atoms with van der Waals surface area (Å²) in [6.45, 7) is 17.5. The van der Waals surface area contributed by atoms with E-state index in [-0.39, 0.29) is 10.8 Å². The van der Waals surface area contributed by atoms with Crippen molar-refractivity contribution in [3.63, 3.8) is 0 Å². The third kappa shape index (κ3) is 4.79. The minimum atomic E-state index is -0.0600. The molecule has 2 aromatic carbocycles. The number of hydrogen-bond donors (Lipinski definition) is 1. The van der Waals surface area contributed by atoms with Crippen molar-refractivity contribution in [2.24, 2.45) is 0 Å². The Labute approximate surface area is 162 Å². The second-order valence-corrected chi connectivity index (χ2v) is 10.9. The molecule has 0 saturated carbocycles. The van der Waals surface area contributed by atoms with Crippen molar-refractivity contribution >= 4 is 14.7 Å². The predicted octanol–water partition coefficient (Wildman–Crippen LogP) is 5.59. The number of hydrogen-bond acceptors (Lipinski definition) is 1. The van der Waals surface area contributed by atoms with Crippen molar-refractivity contribution in [3.8, 4) is 5.75 Å². The van der Waals surface area contributed by atoms with Crippen LogP contribution in [0.2, 0.25) is 6.04 Å². The topological polar surface area (TPSA) is 20.2 Å². The van der Waals surface area contributed by atoms with Crippen LogP contribution in [0.4, 0.5) is 0 Å². The normalized spacial score (nSPS) is 12.5. The maximum Gasteiger partial charge on any atom is 0.123 e. The van der Waals surface area contributed by atoms with E-state index in [1.165, 1.54) is 21.9 Å². The Morgan fingerprint density at radius 3 is 1.92 bits per heavy atom. The Bertz CT molecular complexity index is 741. The smallest absolute Gasteiger partial charge is 0.123 e. The summed E-state index contributed by atoms with van der Waals surface area (Å²) in [5.41, 5.74) is 6.16. The van der Waals surface area contributed by atoms with Crippen LogP contribution in [0.5, 0.6) is 5.75 Å². The lowest BCUT2D eigenvalue weighted by atomic mass is 9.78. The number of rotatable bonds is 4. The zero-order valence-corrected chi connectivity index (χ0v) is 18.7. The van der Waals surface area contributed by atoms with Crippen LogP contribution in [0, 0.1) is 13.8 Å². The lowest BCUT2D eigenvalue weighted by molar-refractivity contribution is 0.422. The van der Waals surface area contributed by atoms with Gasteiger partial charge in [0.15, 0.2) is 0 Å². The average molecular weight is 367 g/mol. The van der Waals surface area contributed by atoms with E-state index in [0.29, 0.717) is 5.75 Å². The molecule has 26 heavy (non-hydrogen) atoms. The van der Waals surface area contributed by atoms with Crippen LogP contribution in [-0.4, -0.2) is 14.6 Å². The van der Waals surface area contributed by atoms with E-state index in [9.17, 15) is 5.11 Å². The van der Waals surface area contributed by atoms with Crippen LogP contribution in [0.1, 0.15) is 69.4 Å². The molecule has 0 unspecified atom stereocenters. The molecule has 0 aliphatic heterocycles. The van der Waals surface area contributed by atoms with Crippen LogP contribution in [-0.2, 0) is 17.3 Å². The molecule has 2 heteroatoms. The van der Waals surface area contributed by atoms with Crippen molar-refractivity contribution < 1.29 is 5.11 Å². The highest BCUT2D eigenvalue weighted by molar-refractivity contribution is 6.54. The molecule has 0 aliphatic carbocycles. The summed E-state index contributed by atoms with van der Waals surface area (Å²) in [4.78, 5) is 0. The van der Waals surface area contributed by atoms with Gasteiger partial charge in [0, 0.05) is 0 Å². The summed E-state index contributed by atoms with van der Waals surface area (Å²) in [6, 6.07) is 12.2. The van der Waals surface area contributed by atoms with Crippen LogP contribution < -0.4 is 5.19 Å². The minimum Gasteiger partial charge on any atom is -0.507 e. The molecular weight excluding hydrogens is 332 g/mol. The highest BCUT2D eigenvalue weighted by Crippen LogP contribution is 2.39. The Morgan fingerprint density at radius 1 is 0.885 bits per heavy atom. The maximum absolute atomic E-state index is 10.9. The molecule has 0 heterocycles. The Kier molecular flexibility index (Phi) is 6.07. The molecule has 0 fully saturated rings. The lowest BCUT2D eigenvalue weighted by Crippen LogP contribution is -2.20. The summed E-state index contributed by atoms with van der Waals surface area (Å²) in [7, 11) is 0.827. The van der Waals surface area contributed by atoms with Crippen LogP contribution in [0.3, 0.4) is 0 Å². The highest BCUT2D eigenvalue weighted by atomic mass is 28.2. The van der Waals surface area contributed by atoms with Gasteiger partial charge in [0.05, 0.1) is 9.52 Å². The quantitative estimate of drug-likeness (QED) is 0.699. The van der Waals surface area contributed by atoms with Gasteiger partial charge in [0.2, 0.25) is 0 Å². The van der Waals surface area contributed by atoms with E-state index in [2.05, 4.69) is 85.7 Å². The van der Waals surface area contributed by atoms with Gasteiger partial charge in [0.25, 0.3) is 0 Å². The van der Waals surface area contributed by atoms with E-state index in [1.54, 1.807) is 0 Å². The number of benzene rings is 2. The standard InChI is InChI=1S/C24H34OSi/c1-16-10-9-11-21(17(16)2)26-13-12-18-14-19(23(3,4)5)22(25)20(15-18)24(6,7)8/h9-11,14-15,25H,12-13H2,1-8H3. The predicted molar refractivity (Wildman–Crippen MR) is 115 cm³/mol. The molecule has 2 aromatic rings. The van der Waals surface area contributed by atoms with E-state index in [4.69, 9.17) is 0 Å². The number of aryl methyl sites for hydroxylation is 2. The molecule has 0 amide bonds.